The molecule has 1 aromatic rings. The number of nitrogens with one attached hydrogen (secondary N) is 2. The van der Waals surface area contributed by atoms with Gasteiger partial charge in [-0.25, -0.2) is 0 Å². The molecule has 1 aromatic heterocycles. The van der Waals surface area contributed by atoms with Crippen molar-refractivity contribution in [3.8, 4) is 0 Å². The third-order valence-electron chi connectivity index (χ3n) is 3.19. The van der Waals surface area contributed by atoms with Crippen LogP contribution in [-0.2, 0) is 0 Å². The highest BCUT2D eigenvalue weighted by Crippen LogP contribution is 2.14. The number of aromatic nitrogens is 2. The standard InChI is InChI=1S/C12H21N5OS/c1-9(8-17-6-4-3-5-7-17)14-10(18)11-15-16-12(13-2)19-11/h9H,3-8H2,1-2H3,(H,13,16)(H,14,18). The topological polar surface area (TPSA) is 70.1 Å². The van der Waals surface area contributed by atoms with Gasteiger partial charge in [0.25, 0.3) is 5.91 Å². The van der Waals surface area contributed by atoms with Gasteiger partial charge in [0.1, 0.15) is 0 Å². The maximum absolute atomic E-state index is 12.0. The first-order valence-electron chi connectivity index (χ1n) is 6.73. The number of hydrogen-bond acceptors (Lipinski definition) is 6. The quantitative estimate of drug-likeness (QED) is 0.849. The van der Waals surface area contributed by atoms with Crippen molar-refractivity contribution < 1.29 is 4.79 Å². The monoisotopic (exact) mass is 283 g/mol. The summed E-state index contributed by atoms with van der Waals surface area (Å²) in [6, 6.07) is 0.132. The van der Waals surface area contributed by atoms with E-state index in [9.17, 15) is 4.79 Å². The molecule has 0 radical (unpaired) electrons. The van der Waals surface area contributed by atoms with Crippen LogP contribution in [0.15, 0.2) is 0 Å². The highest BCUT2D eigenvalue weighted by molar-refractivity contribution is 7.17. The lowest BCUT2D eigenvalue weighted by molar-refractivity contribution is 0.0924. The maximum atomic E-state index is 12.0. The van der Waals surface area contributed by atoms with E-state index < -0.39 is 0 Å². The number of rotatable bonds is 5. The zero-order valence-corrected chi connectivity index (χ0v) is 12.3. The van der Waals surface area contributed by atoms with Gasteiger partial charge in [0.2, 0.25) is 10.1 Å². The molecule has 6 nitrogen and oxygen atoms in total. The van der Waals surface area contributed by atoms with Crippen molar-refractivity contribution in [1.82, 2.24) is 20.4 Å². The first kappa shape index (κ1) is 14.2. The molecule has 1 amide bonds. The van der Waals surface area contributed by atoms with Gasteiger partial charge >= 0.3 is 0 Å². The van der Waals surface area contributed by atoms with E-state index in [4.69, 9.17) is 0 Å². The highest BCUT2D eigenvalue weighted by atomic mass is 32.1. The van der Waals surface area contributed by atoms with Crippen molar-refractivity contribution in [2.45, 2.75) is 32.2 Å². The molecule has 19 heavy (non-hydrogen) atoms. The van der Waals surface area contributed by atoms with Crippen LogP contribution in [0.3, 0.4) is 0 Å². The van der Waals surface area contributed by atoms with Crippen molar-refractivity contribution in [2.24, 2.45) is 0 Å². The second kappa shape index (κ2) is 6.81. The van der Waals surface area contributed by atoms with E-state index in [1.54, 1.807) is 7.05 Å². The lowest BCUT2D eigenvalue weighted by atomic mass is 10.1. The molecule has 2 N–H and O–H groups in total. The van der Waals surface area contributed by atoms with Gasteiger partial charge in [-0.2, -0.15) is 0 Å². The first-order valence-corrected chi connectivity index (χ1v) is 7.55. The third-order valence-corrected chi connectivity index (χ3v) is 4.13. The minimum absolute atomic E-state index is 0.132. The van der Waals surface area contributed by atoms with E-state index in [2.05, 4.69) is 25.7 Å². The van der Waals surface area contributed by atoms with Crippen LogP contribution in [0, 0.1) is 0 Å². The van der Waals surface area contributed by atoms with Crippen LogP contribution in [0.1, 0.15) is 36.0 Å². The molecule has 1 aliphatic rings. The van der Waals surface area contributed by atoms with Gasteiger partial charge in [0.15, 0.2) is 0 Å². The largest absolute Gasteiger partial charge is 0.363 e. The van der Waals surface area contributed by atoms with Gasteiger partial charge in [0, 0.05) is 19.6 Å². The van der Waals surface area contributed by atoms with Gasteiger partial charge in [0.05, 0.1) is 0 Å². The molecule has 1 fully saturated rings. The van der Waals surface area contributed by atoms with E-state index in [0.29, 0.717) is 10.1 Å². The number of likely N-dealkylation sites (tertiary alicyclic amines) is 1. The molecular weight excluding hydrogens is 262 g/mol. The molecule has 1 unspecified atom stereocenters. The number of hydrogen-bond donors (Lipinski definition) is 2. The Hall–Kier alpha value is -1.21. The fourth-order valence-electron chi connectivity index (χ4n) is 2.28. The van der Waals surface area contributed by atoms with E-state index in [1.165, 1.54) is 30.6 Å². The molecular formula is C12H21N5OS. The van der Waals surface area contributed by atoms with Crippen LogP contribution < -0.4 is 10.6 Å². The third kappa shape index (κ3) is 4.14. The number of anilines is 1. The van der Waals surface area contributed by atoms with E-state index in [0.717, 1.165) is 19.6 Å². The smallest absolute Gasteiger partial charge is 0.282 e. The van der Waals surface area contributed by atoms with Crippen LogP contribution in [0.5, 0.6) is 0 Å². The average molecular weight is 283 g/mol. The molecule has 7 heteroatoms. The van der Waals surface area contributed by atoms with Crippen molar-refractivity contribution in [3.63, 3.8) is 0 Å². The van der Waals surface area contributed by atoms with E-state index >= 15 is 0 Å². The lowest BCUT2D eigenvalue weighted by Crippen LogP contribution is -2.43. The lowest BCUT2D eigenvalue weighted by Gasteiger charge is -2.29. The molecule has 0 bridgehead atoms. The van der Waals surface area contributed by atoms with Gasteiger partial charge in [-0.3, -0.25) is 4.79 Å². The molecule has 0 saturated carbocycles. The molecule has 1 aliphatic heterocycles. The zero-order chi connectivity index (χ0) is 13.7. The van der Waals surface area contributed by atoms with Gasteiger partial charge < -0.3 is 15.5 Å². The Kier molecular flexibility index (Phi) is 5.09. The van der Waals surface area contributed by atoms with Gasteiger partial charge in [-0.1, -0.05) is 17.8 Å². The Balaban J connectivity index is 1.80. The fourth-order valence-corrected chi connectivity index (χ4v) is 2.88. The molecule has 2 rings (SSSR count). The second-order valence-electron chi connectivity index (χ2n) is 4.90. The van der Waals surface area contributed by atoms with Gasteiger partial charge in [-0.05, 0) is 32.9 Å². The summed E-state index contributed by atoms with van der Waals surface area (Å²) in [6.07, 6.45) is 3.86. The molecule has 1 atom stereocenters. The number of carbonyl (C=O) groups is 1. The molecule has 1 saturated heterocycles. The zero-order valence-electron chi connectivity index (χ0n) is 11.5. The maximum Gasteiger partial charge on any atom is 0.282 e. The van der Waals surface area contributed by atoms with Crippen LogP contribution in [0.25, 0.3) is 0 Å². The van der Waals surface area contributed by atoms with Crippen molar-refractivity contribution >= 4 is 22.4 Å². The molecule has 0 spiro atoms. The summed E-state index contributed by atoms with van der Waals surface area (Å²) >= 11 is 1.27. The van der Waals surface area contributed by atoms with Crippen LogP contribution in [0.4, 0.5) is 5.13 Å². The molecule has 0 aliphatic carbocycles. The normalized spacial score (nSPS) is 18.0. The predicted octanol–water partition coefficient (Wildman–Crippen LogP) is 1.18. The summed E-state index contributed by atoms with van der Waals surface area (Å²) in [6.45, 7) is 5.22. The summed E-state index contributed by atoms with van der Waals surface area (Å²) in [5.74, 6) is -0.136. The summed E-state index contributed by atoms with van der Waals surface area (Å²) in [7, 11) is 1.77. The summed E-state index contributed by atoms with van der Waals surface area (Å²) < 4.78 is 0. The van der Waals surface area contributed by atoms with E-state index in [1.807, 2.05) is 6.92 Å². The van der Waals surface area contributed by atoms with Gasteiger partial charge in [-0.15, -0.1) is 10.2 Å². The summed E-state index contributed by atoms with van der Waals surface area (Å²) in [5.41, 5.74) is 0. The average Bonchev–Trinajstić information content (AvgIpc) is 2.88. The first-order chi connectivity index (χ1) is 9.19. The minimum Gasteiger partial charge on any atom is -0.363 e. The van der Waals surface area contributed by atoms with Crippen molar-refractivity contribution in [2.75, 3.05) is 32.0 Å². The molecule has 106 valence electrons. The number of carbonyl (C=O) groups excluding carboxylic acids is 1. The van der Waals surface area contributed by atoms with Crippen molar-refractivity contribution in [1.29, 1.82) is 0 Å². The second-order valence-corrected chi connectivity index (χ2v) is 5.88. The summed E-state index contributed by atoms with van der Waals surface area (Å²) in [5, 5.41) is 14.7. The van der Waals surface area contributed by atoms with Crippen LogP contribution in [-0.4, -0.2) is 53.7 Å². The fraction of sp³-hybridized carbons (Fsp3) is 0.750. The predicted molar refractivity (Wildman–Crippen MR) is 76.7 cm³/mol. The number of amides is 1. The number of nitrogens with zero attached hydrogens (tertiary/aromatic N) is 3. The Bertz CT molecular complexity index is 416. The Morgan fingerprint density at radius 3 is 2.74 bits per heavy atom. The van der Waals surface area contributed by atoms with Crippen LogP contribution in [0.2, 0.25) is 0 Å². The minimum atomic E-state index is -0.136. The Morgan fingerprint density at radius 1 is 1.37 bits per heavy atom. The van der Waals surface area contributed by atoms with E-state index in [-0.39, 0.29) is 11.9 Å². The van der Waals surface area contributed by atoms with Crippen molar-refractivity contribution in [3.05, 3.63) is 5.01 Å². The molecule has 2 heterocycles. The number of piperidine rings is 1. The Labute approximate surface area is 117 Å². The Morgan fingerprint density at radius 2 is 2.11 bits per heavy atom. The summed E-state index contributed by atoms with van der Waals surface area (Å²) in [4.78, 5) is 14.4. The SMILES string of the molecule is CNc1nnc(C(=O)NC(C)CN2CCCCC2)s1. The van der Waals surface area contributed by atoms with Crippen LogP contribution >= 0.6 is 11.3 Å². The highest BCUT2D eigenvalue weighted by Gasteiger charge is 2.17. The molecule has 0 aromatic carbocycles.